The van der Waals surface area contributed by atoms with Gasteiger partial charge in [-0.2, -0.15) is 0 Å². The number of imide groups is 1. The van der Waals surface area contributed by atoms with Crippen LogP contribution in [0.4, 0.5) is 10.5 Å². The van der Waals surface area contributed by atoms with E-state index in [1.54, 1.807) is 24.3 Å². The van der Waals surface area contributed by atoms with E-state index in [1.807, 2.05) is 19.1 Å². The molecule has 3 amide bonds. The van der Waals surface area contributed by atoms with Crippen LogP contribution in [0.5, 0.6) is 11.5 Å². The molecule has 1 saturated heterocycles. The summed E-state index contributed by atoms with van der Waals surface area (Å²) in [5, 5.41) is 2.48. The van der Waals surface area contributed by atoms with Gasteiger partial charge in [0.15, 0.2) is 11.5 Å². The fourth-order valence-electron chi connectivity index (χ4n) is 2.88. The number of methoxy groups -OCH3 is 2. The predicted molar refractivity (Wildman–Crippen MR) is 117 cm³/mol. The first kappa shape index (κ1) is 21.7. The maximum absolute atomic E-state index is 12.7. The van der Waals surface area contributed by atoms with E-state index in [0.29, 0.717) is 27.8 Å². The molecule has 1 aliphatic heterocycles. The molecule has 0 bridgehead atoms. The number of nitrogens with one attached hydrogen (secondary N) is 1. The van der Waals surface area contributed by atoms with Crippen molar-refractivity contribution in [3.63, 3.8) is 0 Å². The van der Waals surface area contributed by atoms with Gasteiger partial charge in [0.1, 0.15) is 6.54 Å². The third-order valence-corrected chi connectivity index (χ3v) is 5.42. The molecule has 1 heterocycles. The van der Waals surface area contributed by atoms with E-state index in [-0.39, 0.29) is 11.4 Å². The molecule has 0 unspecified atom stereocenters. The van der Waals surface area contributed by atoms with Gasteiger partial charge in [-0.1, -0.05) is 23.7 Å². The summed E-state index contributed by atoms with van der Waals surface area (Å²) in [7, 11) is 2.94. The van der Waals surface area contributed by atoms with E-state index in [9.17, 15) is 14.4 Å². The number of hydrogen-bond donors (Lipinski definition) is 1. The maximum atomic E-state index is 12.7. The van der Waals surface area contributed by atoms with Crippen molar-refractivity contribution >= 4 is 52.2 Å². The molecule has 2 aromatic carbocycles. The third kappa shape index (κ3) is 4.77. The molecule has 30 heavy (non-hydrogen) atoms. The lowest BCUT2D eigenvalue weighted by molar-refractivity contribution is -0.127. The average molecular weight is 447 g/mol. The van der Waals surface area contributed by atoms with E-state index in [0.717, 1.165) is 22.2 Å². The average Bonchev–Trinajstić information content (AvgIpc) is 2.94. The van der Waals surface area contributed by atoms with Crippen molar-refractivity contribution < 1.29 is 23.9 Å². The lowest BCUT2D eigenvalue weighted by Crippen LogP contribution is -2.36. The maximum Gasteiger partial charge on any atom is 0.294 e. The molecule has 9 heteroatoms. The third-order valence-electron chi connectivity index (χ3n) is 4.23. The van der Waals surface area contributed by atoms with Gasteiger partial charge in [0.25, 0.3) is 11.1 Å². The smallest absolute Gasteiger partial charge is 0.294 e. The molecule has 0 atom stereocenters. The number of amides is 3. The molecule has 3 rings (SSSR count). The van der Waals surface area contributed by atoms with Gasteiger partial charge >= 0.3 is 0 Å². The van der Waals surface area contributed by atoms with E-state index in [2.05, 4.69) is 5.32 Å². The number of hydrogen-bond acceptors (Lipinski definition) is 6. The van der Waals surface area contributed by atoms with E-state index in [1.165, 1.54) is 20.3 Å². The molecule has 0 radical (unpaired) electrons. The van der Waals surface area contributed by atoms with Gasteiger partial charge in [-0.25, -0.2) is 0 Å². The van der Waals surface area contributed by atoms with Crippen molar-refractivity contribution in [3.8, 4) is 11.5 Å². The lowest BCUT2D eigenvalue weighted by Gasteiger charge is -2.13. The molecular formula is C21H19ClN2O5S. The number of rotatable bonds is 6. The Labute approximate surface area is 183 Å². The van der Waals surface area contributed by atoms with Crippen molar-refractivity contribution in [3.05, 3.63) is 57.5 Å². The van der Waals surface area contributed by atoms with Crippen molar-refractivity contribution in [2.45, 2.75) is 6.92 Å². The molecule has 156 valence electrons. The number of thioether (sulfide) groups is 1. The summed E-state index contributed by atoms with van der Waals surface area (Å²) in [6, 6.07) is 10.5. The lowest BCUT2D eigenvalue weighted by atomic mass is 10.2. The molecule has 1 aliphatic rings. The Morgan fingerprint density at radius 2 is 1.97 bits per heavy atom. The second-order valence-electron chi connectivity index (χ2n) is 6.42. The van der Waals surface area contributed by atoms with Gasteiger partial charge in [0, 0.05) is 5.69 Å². The summed E-state index contributed by atoms with van der Waals surface area (Å²) in [5.74, 6) is -0.237. The van der Waals surface area contributed by atoms with Gasteiger partial charge in [0.05, 0.1) is 24.1 Å². The Kier molecular flexibility index (Phi) is 6.69. The molecule has 1 fully saturated rings. The van der Waals surface area contributed by atoms with Crippen LogP contribution in [0.2, 0.25) is 5.02 Å². The van der Waals surface area contributed by atoms with Gasteiger partial charge in [-0.15, -0.1) is 0 Å². The molecule has 0 aromatic heterocycles. The summed E-state index contributed by atoms with van der Waals surface area (Å²) in [6.45, 7) is 1.53. The minimum absolute atomic E-state index is 0.187. The molecule has 2 aromatic rings. The number of anilines is 1. The summed E-state index contributed by atoms with van der Waals surface area (Å²) in [5.41, 5.74) is 2.14. The molecule has 0 aliphatic carbocycles. The van der Waals surface area contributed by atoms with Crippen LogP contribution >= 0.6 is 23.4 Å². The zero-order valence-electron chi connectivity index (χ0n) is 16.5. The summed E-state index contributed by atoms with van der Waals surface area (Å²) >= 11 is 6.95. The van der Waals surface area contributed by atoms with Crippen molar-refractivity contribution in [1.29, 1.82) is 0 Å². The predicted octanol–water partition coefficient (Wildman–Crippen LogP) is 4.34. The van der Waals surface area contributed by atoms with Crippen LogP contribution in [0, 0.1) is 6.92 Å². The number of ether oxygens (including phenoxy) is 2. The number of carbonyl (C=O) groups excluding carboxylic acids is 3. The highest BCUT2D eigenvalue weighted by atomic mass is 35.5. The minimum atomic E-state index is -0.546. The van der Waals surface area contributed by atoms with Crippen molar-refractivity contribution in [1.82, 2.24) is 4.90 Å². The Morgan fingerprint density at radius 1 is 1.20 bits per heavy atom. The topological polar surface area (TPSA) is 84.9 Å². The Morgan fingerprint density at radius 3 is 2.63 bits per heavy atom. The molecule has 0 saturated carbocycles. The largest absolute Gasteiger partial charge is 0.493 e. The normalized spacial score (nSPS) is 14.9. The van der Waals surface area contributed by atoms with Crippen molar-refractivity contribution in [2.24, 2.45) is 0 Å². The van der Waals surface area contributed by atoms with Crippen LogP contribution in [-0.4, -0.2) is 42.7 Å². The monoisotopic (exact) mass is 446 g/mol. The second-order valence-corrected chi connectivity index (χ2v) is 7.82. The Bertz CT molecular complexity index is 1050. The van der Waals surface area contributed by atoms with Crippen LogP contribution in [-0.2, 0) is 9.59 Å². The quantitative estimate of drug-likeness (QED) is 0.664. The van der Waals surface area contributed by atoms with Gasteiger partial charge in [0.2, 0.25) is 5.91 Å². The Hall–Kier alpha value is -2.97. The first-order chi connectivity index (χ1) is 14.3. The summed E-state index contributed by atoms with van der Waals surface area (Å²) in [4.78, 5) is 38.4. The number of aryl methyl sites for hydroxylation is 1. The highest BCUT2D eigenvalue weighted by molar-refractivity contribution is 8.18. The van der Waals surface area contributed by atoms with E-state index >= 15 is 0 Å². The zero-order valence-corrected chi connectivity index (χ0v) is 18.1. The van der Waals surface area contributed by atoms with Crippen LogP contribution in [0.25, 0.3) is 6.08 Å². The number of nitrogens with zero attached hydrogens (tertiary/aromatic N) is 1. The minimum Gasteiger partial charge on any atom is -0.493 e. The molecule has 0 spiro atoms. The number of carbonyl (C=O) groups is 3. The second kappa shape index (κ2) is 9.23. The van der Waals surface area contributed by atoms with Crippen LogP contribution in [0.1, 0.15) is 11.1 Å². The van der Waals surface area contributed by atoms with Gasteiger partial charge in [-0.05, 0) is 60.2 Å². The zero-order chi connectivity index (χ0) is 21.8. The van der Waals surface area contributed by atoms with Crippen LogP contribution in [0.15, 0.2) is 41.3 Å². The highest BCUT2D eigenvalue weighted by Crippen LogP contribution is 2.38. The first-order valence-electron chi connectivity index (χ1n) is 8.85. The fraction of sp³-hybridized carbons (Fsp3) is 0.190. The fourth-order valence-corrected chi connectivity index (χ4v) is 4.01. The summed E-state index contributed by atoms with van der Waals surface area (Å²) < 4.78 is 10.4. The molecular weight excluding hydrogens is 428 g/mol. The molecule has 7 nitrogen and oxygen atoms in total. The van der Waals surface area contributed by atoms with Crippen LogP contribution in [0.3, 0.4) is 0 Å². The highest BCUT2D eigenvalue weighted by Gasteiger charge is 2.36. The standard InChI is InChI=1S/C21H19ClN2O5S/c1-12-5-4-6-14(7-12)23-18(25)11-24-20(26)17(30-21(24)27)10-13-8-15(22)19(29-3)16(9-13)28-2/h4-10H,11H2,1-3H3,(H,23,25). The van der Waals surface area contributed by atoms with E-state index in [4.69, 9.17) is 21.1 Å². The molecule has 1 N–H and O–H groups in total. The van der Waals surface area contributed by atoms with Crippen LogP contribution < -0.4 is 14.8 Å². The number of benzene rings is 2. The Balaban J connectivity index is 1.76. The van der Waals surface area contributed by atoms with Gasteiger partial charge < -0.3 is 14.8 Å². The number of halogens is 1. The first-order valence-corrected chi connectivity index (χ1v) is 10.0. The summed E-state index contributed by atoms with van der Waals surface area (Å²) in [6.07, 6.45) is 1.53. The van der Waals surface area contributed by atoms with E-state index < -0.39 is 17.1 Å². The SMILES string of the molecule is COc1cc(C=C2SC(=O)N(CC(=O)Nc3cccc(C)c3)C2=O)cc(Cl)c1OC. The van der Waals surface area contributed by atoms with Crippen molar-refractivity contribution in [2.75, 3.05) is 26.1 Å². The van der Waals surface area contributed by atoms with Gasteiger partial charge in [-0.3, -0.25) is 19.3 Å².